The molecule has 66 valence electrons. The highest BCUT2D eigenvalue weighted by Crippen LogP contribution is 2.05. The number of aromatic nitrogens is 1. The van der Waals surface area contributed by atoms with Gasteiger partial charge in [0, 0.05) is 11.6 Å². The van der Waals surface area contributed by atoms with Crippen LogP contribution in [0, 0.1) is 12.1 Å². The van der Waals surface area contributed by atoms with Crippen LogP contribution in [0.2, 0.25) is 0 Å². The summed E-state index contributed by atoms with van der Waals surface area (Å²) in [6.07, 6.45) is 1.09. The maximum Gasteiger partial charge on any atom is 0.326 e. The minimum atomic E-state index is -3.91. The highest BCUT2D eigenvalue weighted by Gasteiger charge is 2.21. The largest absolute Gasteiger partial charge is 0.618 e. The Bertz CT molecular complexity index is 379. The van der Waals surface area contributed by atoms with Gasteiger partial charge < -0.3 is 5.21 Å². The molecule has 1 aromatic heterocycles. The summed E-state index contributed by atoms with van der Waals surface area (Å²) in [5.74, 6) is 0. The average Bonchev–Trinajstić information content (AvgIpc) is 1.82. The number of nitrogens with two attached hydrogens (primary N) is 1. The van der Waals surface area contributed by atoms with Crippen molar-refractivity contribution in [2.24, 2.45) is 5.14 Å². The number of aryl methyl sites for hydroxylation is 1. The van der Waals surface area contributed by atoms with E-state index in [4.69, 9.17) is 5.14 Å². The van der Waals surface area contributed by atoms with Crippen LogP contribution in [0.5, 0.6) is 0 Å². The Hall–Kier alpha value is -1.14. The Balaban J connectivity index is 3.53. The van der Waals surface area contributed by atoms with E-state index in [0.717, 1.165) is 6.20 Å². The van der Waals surface area contributed by atoms with E-state index in [2.05, 4.69) is 0 Å². The highest BCUT2D eigenvalue weighted by molar-refractivity contribution is 7.89. The van der Waals surface area contributed by atoms with Crippen LogP contribution >= 0.6 is 0 Å². The van der Waals surface area contributed by atoms with Gasteiger partial charge in [0.25, 0.3) is 10.0 Å². The van der Waals surface area contributed by atoms with Crippen LogP contribution in [0.1, 0.15) is 5.56 Å². The lowest BCUT2D eigenvalue weighted by Crippen LogP contribution is -2.37. The Morgan fingerprint density at radius 3 is 2.50 bits per heavy atom. The maximum atomic E-state index is 10.9. The van der Waals surface area contributed by atoms with Crippen molar-refractivity contribution in [1.82, 2.24) is 0 Å². The van der Waals surface area contributed by atoms with E-state index in [9.17, 15) is 13.6 Å². The zero-order chi connectivity index (χ0) is 9.35. The summed E-state index contributed by atoms with van der Waals surface area (Å²) in [7, 11) is -3.91. The molecule has 0 fully saturated rings. The fourth-order valence-corrected chi connectivity index (χ4v) is 1.76. The van der Waals surface area contributed by atoms with Crippen molar-refractivity contribution in [2.75, 3.05) is 0 Å². The van der Waals surface area contributed by atoms with Crippen molar-refractivity contribution >= 4 is 10.0 Å². The number of hydrogen-bond donors (Lipinski definition) is 1. The Morgan fingerprint density at radius 2 is 2.17 bits per heavy atom. The van der Waals surface area contributed by atoms with Crippen LogP contribution in [0.4, 0.5) is 0 Å². The van der Waals surface area contributed by atoms with Gasteiger partial charge in [-0.15, -0.1) is 0 Å². The average molecular weight is 188 g/mol. The molecule has 0 unspecified atom stereocenters. The molecule has 0 aliphatic carbocycles. The summed E-state index contributed by atoms with van der Waals surface area (Å²) in [5.41, 5.74) is 0.343. The summed E-state index contributed by atoms with van der Waals surface area (Å²) in [4.78, 5) is 0. The molecule has 0 aromatic carbocycles. The van der Waals surface area contributed by atoms with Crippen molar-refractivity contribution in [3.05, 3.63) is 29.1 Å². The Morgan fingerprint density at radius 1 is 1.58 bits per heavy atom. The fourth-order valence-electron chi connectivity index (χ4n) is 0.928. The highest BCUT2D eigenvalue weighted by atomic mass is 32.2. The predicted molar refractivity (Wildman–Crippen MR) is 41.5 cm³/mol. The number of rotatable bonds is 1. The molecule has 6 heteroatoms. The third-order valence-electron chi connectivity index (χ3n) is 1.37. The quantitative estimate of drug-likeness (QED) is 0.466. The SMILES string of the molecule is Cc1ccc[n+]([O-])c1S(N)(=O)=O. The molecule has 0 aliphatic rings. The van der Waals surface area contributed by atoms with Crippen LogP contribution in [0.3, 0.4) is 0 Å². The molecule has 0 bridgehead atoms. The van der Waals surface area contributed by atoms with Crippen LogP contribution in [-0.2, 0) is 10.0 Å². The number of sulfonamides is 1. The zero-order valence-corrected chi connectivity index (χ0v) is 7.21. The Labute approximate surface area is 70.1 Å². The molecule has 0 aliphatic heterocycles. The van der Waals surface area contributed by atoms with Crippen LogP contribution in [0.25, 0.3) is 0 Å². The lowest BCUT2D eigenvalue weighted by atomic mass is 10.3. The number of nitrogens with zero attached hydrogens (tertiary/aromatic N) is 1. The number of primary sulfonamides is 1. The normalized spacial score (nSPS) is 11.5. The number of pyridine rings is 1. The minimum Gasteiger partial charge on any atom is -0.618 e. The van der Waals surface area contributed by atoms with Gasteiger partial charge in [-0.05, 0) is 13.0 Å². The molecule has 2 N–H and O–H groups in total. The van der Waals surface area contributed by atoms with Crippen molar-refractivity contribution < 1.29 is 13.1 Å². The van der Waals surface area contributed by atoms with E-state index >= 15 is 0 Å². The van der Waals surface area contributed by atoms with Gasteiger partial charge in [-0.25, -0.2) is 13.6 Å². The first-order valence-corrected chi connectivity index (χ1v) is 4.69. The second-order valence-electron chi connectivity index (χ2n) is 2.37. The molecule has 0 saturated heterocycles. The first-order chi connectivity index (χ1) is 5.43. The van der Waals surface area contributed by atoms with Gasteiger partial charge >= 0.3 is 5.03 Å². The molecular weight excluding hydrogens is 180 g/mol. The van der Waals surface area contributed by atoms with Crippen molar-refractivity contribution in [2.45, 2.75) is 11.9 Å². The van der Waals surface area contributed by atoms with Crippen molar-refractivity contribution in [3.8, 4) is 0 Å². The molecule has 0 spiro atoms. The third kappa shape index (κ3) is 1.54. The second kappa shape index (κ2) is 2.72. The van der Waals surface area contributed by atoms with Crippen LogP contribution in [0.15, 0.2) is 23.4 Å². The third-order valence-corrected chi connectivity index (χ3v) is 2.42. The van der Waals surface area contributed by atoms with Gasteiger partial charge in [-0.3, -0.25) is 0 Å². The molecule has 1 heterocycles. The zero-order valence-electron chi connectivity index (χ0n) is 6.39. The minimum absolute atomic E-state index is 0.241. The lowest BCUT2D eigenvalue weighted by molar-refractivity contribution is -0.647. The molecular formula is C6H8N2O3S. The Kier molecular flexibility index (Phi) is 2.03. The van der Waals surface area contributed by atoms with Gasteiger partial charge in [0.1, 0.15) is 0 Å². The van der Waals surface area contributed by atoms with Gasteiger partial charge in [0.2, 0.25) is 0 Å². The van der Waals surface area contributed by atoms with Crippen LogP contribution < -0.4 is 9.87 Å². The monoisotopic (exact) mass is 188 g/mol. The summed E-state index contributed by atoms with van der Waals surface area (Å²) >= 11 is 0. The van der Waals surface area contributed by atoms with Crippen molar-refractivity contribution in [1.29, 1.82) is 0 Å². The van der Waals surface area contributed by atoms with Gasteiger partial charge in [0.05, 0.1) is 0 Å². The van der Waals surface area contributed by atoms with E-state index in [-0.39, 0.29) is 4.73 Å². The lowest BCUT2D eigenvalue weighted by Gasteiger charge is -2.03. The van der Waals surface area contributed by atoms with Gasteiger partial charge in [0.15, 0.2) is 6.20 Å². The molecule has 0 saturated carbocycles. The first kappa shape index (κ1) is 8.95. The molecule has 1 aromatic rings. The predicted octanol–water partition coefficient (Wildman–Crippen LogP) is -0.724. The number of hydrogen-bond acceptors (Lipinski definition) is 3. The molecule has 12 heavy (non-hydrogen) atoms. The smallest absolute Gasteiger partial charge is 0.326 e. The summed E-state index contributed by atoms with van der Waals surface area (Å²) < 4.78 is 21.9. The van der Waals surface area contributed by atoms with E-state index in [1.165, 1.54) is 19.1 Å². The summed E-state index contributed by atoms with van der Waals surface area (Å²) in [6, 6.07) is 2.96. The van der Waals surface area contributed by atoms with Gasteiger partial charge in [-0.2, -0.15) is 4.73 Å². The molecule has 0 amide bonds. The maximum absolute atomic E-state index is 10.9. The standard InChI is InChI=1S/C6H8N2O3S/c1-5-3-2-4-8(9)6(5)12(7,10)11/h2-4H,1H3,(H2,7,10,11). The topological polar surface area (TPSA) is 87.1 Å². The van der Waals surface area contributed by atoms with E-state index in [1.54, 1.807) is 0 Å². The summed E-state index contributed by atoms with van der Waals surface area (Å²) in [6.45, 7) is 1.51. The second-order valence-corrected chi connectivity index (χ2v) is 3.84. The van der Waals surface area contributed by atoms with E-state index < -0.39 is 15.0 Å². The summed E-state index contributed by atoms with van der Waals surface area (Å²) in [5, 5.41) is 15.4. The molecule has 5 nitrogen and oxygen atoms in total. The van der Waals surface area contributed by atoms with E-state index in [1.807, 2.05) is 0 Å². The molecule has 0 atom stereocenters. The first-order valence-electron chi connectivity index (χ1n) is 3.14. The van der Waals surface area contributed by atoms with Gasteiger partial charge in [-0.1, -0.05) is 0 Å². The molecule has 1 rings (SSSR count). The molecule has 0 radical (unpaired) electrons. The van der Waals surface area contributed by atoms with Crippen LogP contribution in [-0.4, -0.2) is 8.42 Å². The fraction of sp³-hybridized carbons (Fsp3) is 0.167. The van der Waals surface area contributed by atoms with Crippen molar-refractivity contribution in [3.63, 3.8) is 0 Å². The van der Waals surface area contributed by atoms with E-state index in [0.29, 0.717) is 5.56 Å².